The van der Waals surface area contributed by atoms with Crippen molar-refractivity contribution in [2.75, 3.05) is 47.5 Å². The van der Waals surface area contributed by atoms with Gasteiger partial charge >= 0.3 is 19.8 Å². The maximum atomic E-state index is 12.9. The van der Waals surface area contributed by atoms with E-state index in [-0.39, 0.29) is 32.0 Å². The molecule has 0 fully saturated rings. The van der Waals surface area contributed by atoms with Crippen molar-refractivity contribution in [2.24, 2.45) is 0 Å². The van der Waals surface area contributed by atoms with Crippen molar-refractivity contribution >= 4 is 19.8 Å². The molecule has 0 aliphatic carbocycles. The number of carbonyl (C=O) groups is 2. The number of phosphoric ester groups is 1. The van der Waals surface area contributed by atoms with Crippen LogP contribution in [-0.4, -0.2) is 74.9 Å². The van der Waals surface area contributed by atoms with Crippen molar-refractivity contribution in [2.45, 2.75) is 315 Å². The Labute approximate surface area is 507 Å². The molecule has 476 valence electrons. The van der Waals surface area contributed by atoms with E-state index in [2.05, 4.69) is 98.9 Å². The van der Waals surface area contributed by atoms with E-state index in [1.807, 2.05) is 21.1 Å². The average molecular weight is 1170 g/mol. The molecular formula is C72H131NO8P+. The summed E-state index contributed by atoms with van der Waals surface area (Å²) in [6.45, 7) is 4.34. The van der Waals surface area contributed by atoms with E-state index in [0.717, 1.165) is 70.6 Å². The highest BCUT2D eigenvalue weighted by Crippen LogP contribution is 2.43. The lowest BCUT2D eigenvalue weighted by Gasteiger charge is -2.24. The Balaban J connectivity index is 4.05. The Morgan fingerprint density at radius 3 is 1.04 bits per heavy atom. The molecular weight excluding hydrogens is 1040 g/mol. The van der Waals surface area contributed by atoms with Gasteiger partial charge in [-0.2, -0.15) is 0 Å². The standard InChI is InChI=1S/C72H130NO8P/c1-6-8-10-12-14-16-18-20-22-24-26-28-30-32-34-35-36-37-39-41-43-45-47-49-51-53-55-57-59-61-63-65-72(75)81-70(69-80-82(76,77)79-67-66-73(3,4)5)68-78-71(74)64-62-60-58-56-54-52-50-48-46-44-42-40-38-33-31-29-27-25-23-21-19-17-15-13-11-9-7-2/h8,10,14,16,19-22,25-28,31,33,70H,6-7,9,11-13,15,17-18,23-24,29-30,32,34-69H2,1-5H3/p+1/b10-8-,16-14-,21-19-,22-20-,27-25-,28-26-,33-31-. The molecule has 0 aromatic rings. The van der Waals surface area contributed by atoms with Gasteiger partial charge in [0.15, 0.2) is 6.10 Å². The number of quaternary nitrogens is 1. The lowest BCUT2D eigenvalue weighted by molar-refractivity contribution is -0.870. The van der Waals surface area contributed by atoms with Crippen LogP contribution >= 0.6 is 7.82 Å². The van der Waals surface area contributed by atoms with Crippen LogP contribution in [0.15, 0.2) is 85.1 Å². The number of hydrogen-bond donors (Lipinski definition) is 1. The second kappa shape index (κ2) is 62.7. The smallest absolute Gasteiger partial charge is 0.462 e. The van der Waals surface area contributed by atoms with Crippen LogP contribution in [0, 0.1) is 0 Å². The minimum Gasteiger partial charge on any atom is -0.462 e. The number of rotatable bonds is 63. The monoisotopic (exact) mass is 1170 g/mol. The van der Waals surface area contributed by atoms with Gasteiger partial charge in [0.2, 0.25) is 0 Å². The molecule has 1 N–H and O–H groups in total. The highest BCUT2D eigenvalue weighted by molar-refractivity contribution is 7.47. The van der Waals surface area contributed by atoms with E-state index in [0.29, 0.717) is 17.4 Å². The van der Waals surface area contributed by atoms with Crippen molar-refractivity contribution in [3.63, 3.8) is 0 Å². The van der Waals surface area contributed by atoms with Crippen LogP contribution < -0.4 is 0 Å². The number of likely N-dealkylation sites (N-methyl/N-ethyl adjacent to an activating group) is 1. The summed E-state index contributed by atoms with van der Waals surface area (Å²) in [5, 5.41) is 0. The van der Waals surface area contributed by atoms with Crippen molar-refractivity contribution < 1.29 is 42.1 Å². The van der Waals surface area contributed by atoms with Crippen LogP contribution in [0.4, 0.5) is 0 Å². The summed E-state index contributed by atoms with van der Waals surface area (Å²) in [7, 11) is 1.48. The first kappa shape index (κ1) is 79.2. The third kappa shape index (κ3) is 66.3. The molecule has 0 rings (SSSR count). The van der Waals surface area contributed by atoms with Gasteiger partial charge in [0.25, 0.3) is 0 Å². The Bertz CT molecular complexity index is 1660. The fraction of sp³-hybridized carbons (Fsp3) is 0.778. The molecule has 0 saturated heterocycles. The summed E-state index contributed by atoms with van der Waals surface area (Å²) in [4.78, 5) is 35.9. The number of nitrogens with zero attached hydrogens (tertiary/aromatic N) is 1. The zero-order valence-corrected chi connectivity index (χ0v) is 55.1. The molecule has 0 aliphatic rings. The number of esters is 2. The third-order valence-electron chi connectivity index (χ3n) is 14.9. The molecule has 0 aromatic carbocycles. The molecule has 2 unspecified atom stereocenters. The predicted octanol–water partition coefficient (Wildman–Crippen LogP) is 22.2. The minimum absolute atomic E-state index is 0.0301. The Morgan fingerprint density at radius 2 is 0.695 bits per heavy atom. The molecule has 0 bridgehead atoms. The molecule has 9 nitrogen and oxygen atoms in total. The fourth-order valence-corrected chi connectivity index (χ4v) is 10.4. The first-order valence-electron chi connectivity index (χ1n) is 34.3. The Kier molecular flexibility index (Phi) is 60.6. The van der Waals surface area contributed by atoms with E-state index >= 15 is 0 Å². The van der Waals surface area contributed by atoms with Crippen LogP contribution in [0.25, 0.3) is 0 Å². The van der Waals surface area contributed by atoms with Crippen molar-refractivity contribution in [1.82, 2.24) is 0 Å². The zero-order valence-electron chi connectivity index (χ0n) is 54.2. The van der Waals surface area contributed by atoms with Gasteiger partial charge in [-0.1, -0.05) is 292 Å². The van der Waals surface area contributed by atoms with Crippen LogP contribution in [0.1, 0.15) is 309 Å². The first-order chi connectivity index (χ1) is 40.0. The molecule has 10 heteroatoms. The van der Waals surface area contributed by atoms with Crippen molar-refractivity contribution in [3.8, 4) is 0 Å². The molecule has 82 heavy (non-hydrogen) atoms. The van der Waals surface area contributed by atoms with Gasteiger partial charge in [0.1, 0.15) is 19.8 Å². The maximum absolute atomic E-state index is 12.9. The average Bonchev–Trinajstić information content (AvgIpc) is 3.46. The molecule has 2 atom stereocenters. The van der Waals surface area contributed by atoms with Gasteiger partial charge in [-0.3, -0.25) is 18.6 Å². The van der Waals surface area contributed by atoms with Gasteiger partial charge in [0.05, 0.1) is 27.7 Å². The number of carbonyl (C=O) groups excluding carboxylic acids is 2. The van der Waals surface area contributed by atoms with Crippen LogP contribution in [0.3, 0.4) is 0 Å². The second-order valence-electron chi connectivity index (χ2n) is 24.2. The molecule has 0 heterocycles. The molecule has 0 aromatic heterocycles. The third-order valence-corrected chi connectivity index (χ3v) is 15.9. The van der Waals surface area contributed by atoms with Crippen molar-refractivity contribution in [3.05, 3.63) is 85.1 Å². The number of allylic oxidation sites excluding steroid dienone is 14. The van der Waals surface area contributed by atoms with E-state index in [4.69, 9.17) is 18.5 Å². The summed E-state index contributed by atoms with van der Waals surface area (Å²) in [5.74, 6) is -0.789. The maximum Gasteiger partial charge on any atom is 0.472 e. The topological polar surface area (TPSA) is 108 Å². The largest absolute Gasteiger partial charge is 0.472 e. The van der Waals surface area contributed by atoms with Gasteiger partial charge < -0.3 is 18.9 Å². The number of unbranched alkanes of at least 4 members (excludes halogenated alkanes) is 35. The van der Waals surface area contributed by atoms with Crippen LogP contribution in [-0.2, 0) is 32.7 Å². The highest BCUT2D eigenvalue weighted by atomic mass is 31.2. The van der Waals surface area contributed by atoms with Gasteiger partial charge in [-0.15, -0.1) is 0 Å². The highest BCUT2D eigenvalue weighted by Gasteiger charge is 2.27. The molecule has 0 aliphatic heterocycles. The minimum atomic E-state index is -4.39. The summed E-state index contributed by atoms with van der Waals surface area (Å²) in [6.07, 6.45) is 85.3. The lowest BCUT2D eigenvalue weighted by atomic mass is 10.0. The number of hydrogen-bond acceptors (Lipinski definition) is 7. The normalized spacial score (nSPS) is 13.7. The lowest BCUT2D eigenvalue weighted by Crippen LogP contribution is -2.37. The SMILES string of the molecule is CC/C=C\C/C=C\C/C=C\C/C=C\CCCCCCCCCCCCCCCCCCCCC(=O)OC(COC(=O)CCCCCCCCCCCCCC/C=C\C/C=C\C/C=C\CCCCCCC)COP(=O)(O)OCC[N+](C)(C)C. The zero-order chi connectivity index (χ0) is 59.8. The fourth-order valence-electron chi connectivity index (χ4n) is 9.66. The quantitative estimate of drug-likeness (QED) is 0.0211. The summed E-state index contributed by atoms with van der Waals surface area (Å²) < 4.78 is 34.7. The second-order valence-corrected chi connectivity index (χ2v) is 25.6. The van der Waals surface area contributed by atoms with E-state index in [1.54, 1.807) is 0 Å². The van der Waals surface area contributed by atoms with E-state index in [1.165, 1.54) is 205 Å². The molecule has 0 amide bonds. The Hall–Kier alpha value is -2.81. The molecule has 0 spiro atoms. The van der Waals surface area contributed by atoms with E-state index in [9.17, 15) is 19.0 Å². The summed E-state index contributed by atoms with van der Waals surface area (Å²) in [5.41, 5.74) is 0. The molecule has 0 radical (unpaired) electrons. The first-order valence-corrected chi connectivity index (χ1v) is 35.8. The molecule has 0 saturated carbocycles. The summed E-state index contributed by atoms with van der Waals surface area (Å²) in [6, 6.07) is 0. The van der Waals surface area contributed by atoms with Gasteiger partial charge in [-0.25, -0.2) is 4.57 Å². The number of ether oxygens (including phenoxy) is 2. The number of phosphoric acid groups is 1. The van der Waals surface area contributed by atoms with Gasteiger partial charge in [-0.05, 0) is 89.9 Å². The summed E-state index contributed by atoms with van der Waals surface area (Å²) >= 11 is 0. The van der Waals surface area contributed by atoms with Gasteiger partial charge in [0, 0.05) is 12.8 Å². The van der Waals surface area contributed by atoms with Crippen LogP contribution in [0.2, 0.25) is 0 Å². The van der Waals surface area contributed by atoms with Crippen molar-refractivity contribution in [1.29, 1.82) is 0 Å². The van der Waals surface area contributed by atoms with Crippen LogP contribution in [0.5, 0.6) is 0 Å². The Morgan fingerprint density at radius 1 is 0.390 bits per heavy atom. The predicted molar refractivity (Wildman–Crippen MR) is 353 cm³/mol. The van der Waals surface area contributed by atoms with E-state index < -0.39 is 26.5 Å².